The third-order valence-electron chi connectivity index (χ3n) is 4.16. The highest BCUT2D eigenvalue weighted by Gasteiger charge is 2.11. The summed E-state index contributed by atoms with van der Waals surface area (Å²) >= 11 is 0. The van der Waals surface area contributed by atoms with Crippen molar-refractivity contribution in [3.8, 4) is 5.75 Å². The maximum absolute atomic E-state index is 12.0. The fourth-order valence-corrected chi connectivity index (χ4v) is 2.27. The molecule has 0 aliphatic heterocycles. The van der Waals surface area contributed by atoms with Crippen molar-refractivity contribution in [3.05, 3.63) is 64.2 Å². The Balaban J connectivity index is 1.81. The van der Waals surface area contributed by atoms with Gasteiger partial charge in [-0.05, 0) is 36.2 Å². The van der Waals surface area contributed by atoms with Gasteiger partial charge in [0.05, 0.1) is 4.92 Å². The molecule has 0 fully saturated rings. The van der Waals surface area contributed by atoms with E-state index >= 15 is 0 Å². The molecule has 8 heteroatoms. The summed E-state index contributed by atoms with van der Waals surface area (Å²) in [7, 11) is 0. The van der Waals surface area contributed by atoms with Crippen molar-refractivity contribution in [2.24, 2.45) is 5.92 Å². The number of hydrogen-bond donors (Lipinski definition) is 2. The van der Waals surface area contributed by atoms with Crippen molar-refractivity contribution >= 4 is 23.2 Å². The number of nitrogens with zero attached hydrogens (tertiary/aromatic N) is 1. The van der Waals surface area contributed by atoms with Gasteiger partial charge in [-0.15, -0.1) is 0 Å². The third kappa shape index (κ3) is 6.39. The lowest BCUT2D eigenvalue weighted by Gasteiger charge is -2.12. The number of benzene rings is 2. The van der Waals surface area contributed by atoms with Crippen LogP contribution in [-0.4, -0.2) is 23.3 Å². The molecule has 0 saturated carbocycles. The summed E-state index contributed by atoms with van der Waals surface area (Å²) in [5, 5.41) is 16.2. The van der Waals surface area contributed by atoms with Crippen molar-refractivity contribution < 1.29 is 19.2 Å². The number of carbonyl (C=O) groups excluding carboxylic acids is 2. The highest BCUT2D eigenvalue weighted by molar-refractivity contribution is 5.92. The largest absolute Gasteiger partial charge is 0.484 e. The highest BCUT2D eigenvalue weighted by Crippen LogP contribution is 2.17. The first-order chi connectivity index (χ1) is 13.4. The molecule has 2 rings (SSSR count). The Labute approximate surface area is 163 Å². The number of anilines is 1. The first-order valence-electron chi connectivity index (χ1n) is 8.92. The van der Waals surface area contributed by atoms with Crippen LogP contribution < -0.4 is 15.4 Å². The first-order valence-corrected chi connectivity index (χ1v) is 8.92. The summed E-state index contributed by atoms with van der Waals surface area (Å²) in [4.78, 5) is 34.0. The molecule has 2 N–H and O–H groups in total. The molecule has 28 heavy (non-hydrogen) atoms. The minimum Gasteiger partial charge on any atom is -0.484 e. The molecule has 2 aromatic rings. The maximum atomic E-state index is 12.0. The average molecular weight is 385 g/mol. The van der Waals surface area contributed by atoms with Crippen LogP contribution in [0, 0.1) is 16.0 Å². The van der Waals surface area contributed by atoms with E-state index in [-0.39, 0.29) is 36.6 Å². The molecule has 1 atom stereocenters. The Kier molecular flexibility index (Phi) is 7.50. The van der Waals surface area contributed by atoms with Crippen LogP contribution in [0.1, 0.15) is 25.8 Å². The molecule has 0 spiro atoms. The molecule has 2 amide bonds. The SMILES string of the molecule is CCC(C)C(=O)Nc1cccc(CNC(=O)COc2ccc([N+](=O)[O-])cc2)c1. The van der Waals surface area contributed by atoms with Crippen LogP contribution in [0.4, 0.5) is 11.4 Å². The number of amides is 2. The second kappa shape index (κ2) is 10.1. The average Bonchev–Trinajstić information content (AvgIpc) is 2.70. The number of nitro benzene ring substituents is 1. The maximum Gasteiger partial charge on any atom is 0.269 e. The highest BCUT2D eigenvalue weighted by atomic mass is 16.6. The summed E-state index contributed by atoms with van der Waals surface area (Å²) in [6.45, 7) is 3.90. The molecule has 0 bridgehead atoms. The molecule has 0 aliphatic rings. The third-order valence-corrected chi connectivity index (χ3v) is 4.16. The van der Waals surface area contributed by atoms with Crippen LogP contribution in [0.15, 0.2) is 48.5 Å². The van der Waals surface area contributed by atoms with Gasteiger partial charge in [-0.25, -0.2) is 0 Å². The Morgan fingerprint density at radius 3 is 2.54 bits per heavy atom. The van der Waals surface area contributed by atoms with E-state index in [9.17, 15) is 19.7 Å². The van der Waals surface area contributed by atoms with Gasteiger partial charge < -0.3 is 15.4 Å². The van der Waals surface area contributed by atoms with Crippen molar-refractivity contribution in [2.45, 2.75) is 26.8 Å². The van der Waals surface area contributed by atoms with E-state index in [2.05, 4.69) is 10.6 Å². The van der Waals surface area contributed by atoms with E-state index in [4.69, 9.17) is 4.74 Å². The van der Waals surface area contributed by atoms with Gasteiger partial charge in [0.25, 0.3) is 11.6 Å². The monoisotopic (exact) mass is 385 g/mol. The van der Waals surface area contributed by atoms with Crippen molar-refractivity contribution in [2.75, 3.05) is 11.9 Å². The number of hydrogen-bond acceptors (Lipinski definition) is 5. The lowest BCUT2D eigenvalue weighted by molar-refractivity contribution is -0.384. The smallest absolute Gasteiger partial charge is 0.269 e. The van der Waals surface area contributed by atoms with Crippen molar-refractivity contribution in [1.82, 2.24) is 5.32 Å². The molecule has 2 aromatic carbocycles. The normalized spacial score (nSPS) is 11.4. The summed E-state index contributed by atoms with van der Waals surface area (Å²) in [5.74, 6) is -0.0667. The van der Waals surface area contributed by atoms with E-state index in [0.29, 0.717) is 11.4 Å². The van der Waals surface area contributed by atoms with Crippen molar-refractivity contribution in [3.63, 3.8) is 0 Å². The zero-order chi connectivity index (χ0) is 20.5. The molecule has 0 radical (unpaired) electrons. The number of rotatable bonds is 9. The van der Waals surface area contributed by atoms with Crippen LogP contribution in [0.3, 0.4) is 0 Å². The van der Waals surface area contributed by atoms with Gasteiger partial charge >= 0.3 is 0 Å². The molecule has 0 heterocycles. The van der Waals surface area contributed by atoms with Crippen LogP contribution in [0.25, 0.3) is 0 Å². The van der Waals surface area contributed by atoms with Gasteiger partial charge in [-0.2, -0.15) is 0 Å². The molecule has 148 valence electrons. The Morgan fingerprint density at radius 1 is 1.18 bits per heavy atom. The van der Waals surface area contributed by atoms with E-state index in [1.165, 1.54) is 24.3 Å². The van der Waals surface area contributed by atoms with E-state index in [1.54, 1.807) is 18.2 Å². The Bertz CT molecular complexity index is 836. The number of nitrogens with one attached hydrogen (secondary N) is 2. The molecular weight excluding hydrogens is 362 g/mol. The minimum atomic E-state index is -0.504. The quantitative estimate of drug-likeness (QED) is 0.508. The van der Waals surface area contributed by atoms with E-state index in [1.807, 2.05) is 19.9 Å². The molecular formula is C20H23N3O5. The zero-order valence-corrected chi connectivity index (χ0v) is 15.8. The number of ether oxygens (including phenoxy) is 1. The Morgan fingerprint density at radius 2 is 1.89 bits per heavy atom. The van der Waals surface area contributed by atoms with Gasteiger partial charge in [-0.1, -0.05) is 26.0 Å². The fourth-order valence-electron chi connectivity index (χ4n) is 2.27. The summed E-state index contributed by atoms with van der Waals surface area (Å²) < 4.78 is 5.31. The van der Waals surface area contributed by atoms with Gasteiger partial charge in [-0.3, -0.25) is 19.7 Å². The second-order valence-corrected chi connectivity index (χ2v) is 6.32. The number of nitro groups is 1. The molecule has 8 nitrogen and oxygen atoms in total. The van der Waals surface area contributed by atoms with Gasteiger partial charge in [0.2, 0.25) is 5.91 Å². The van der Waals surface area contributed by atoms with Gasteiger partial charge in [0.15, 0.2) is 6.61 Å². The lowest BCUT2D eigenvalue weighted by atomic mass is 10.1. The predicted octanol–water partition coefficient (Wildman–Crippen LogP) is 3.27. The fraction of sp³-hybridized carbons (Fsp3) is 0.300. The summed E-state index contributed by atoms with van der Waals surface area (Å²) in [5.41, 5.74) is 1.47. The van der Waals surface area contributed by atoms with Crippen LogP contribution >= 0.6 is 0 Å². The standard InChI is InChI=1S/C20H23N3O5/c1-3-14(2)20(25)22-16-6-4-5-15(11-16)12-21-19(24)13-28-18-9-7-17(8-10-18)23(26)27/h4-11,14H,3,12-13H2,1-2H3,(H,21,24)(H,22,25). The summed E-state index contributed by atoms with van der Waals surface area (Å²) in [6, 6.07) is 12.8. The summed E-state index contributed by atoms with van der Waals surface area (Å²) in [6.07, 6.45) is 0.760. The zero-order valence-electron chi connectivity index (χ0n) is 15.8. The van der Waals surface area contributed by atoms with E-state index in [0.717, 1.165) is 12.0 Å². The molecule has 1 unspecified atom stereocenters. The Hall–Kier alpha value is -3.42. The number of non-ortho nitro benzene ring substituents is 1. The topological polar surface area (TPSA) is 111 Å². The van der Waals surface area contributed by atoms with Crippen LogP contribution in [-0.2, 0) is 16.1 Å². The van der Waals surface area contributed by atoms with Crippen LogP contribution in [0.5, 0.6) is 5.75 Å². The van der Waals surface area contributed by atoms with Gasteiger partial charge in [0.1, 0.15) is 5.75 Å². The second-order valence-electron chi connectivity index (χ2n) is 6.32. The van der Waals surface area contributed by atoms with Crippen LogP contribution in [0.2, 0.25) is 0 Å². The predicted molar refractivity (Wildman–Crippen MR) is 105 cm³/mol. The van der Waals surface area contributed by atoms with Gasteiger partial charge in [0, 0.05) is 30.3 Å². The molecule has 0 aromatic heterocycles. The van der Waals surface area contributed by atoms with E-state index < -0.39 is 4.92 Å². The molecule has 0 aliphatic carbocycles. The molecule has 0 saturated heterocycles. The lowest BCUT2D eigenvalue weighted by Crippen LogP contribution is -2.28. The minimum absolute atomic E-state index is 0.0415. The van der Waals surface area contributed by atoms with Crippen molar-refractivity contribution in [1.29, 1.82) is 0 Å². The number of carbonyl (C=O) groups is 2. The first kappa shape index (κ1) is 20.9.